The van der Waals surface area contributed by atoms with E-state index in [4.69, 9.17) is 14.2 Å². The first kappa shape index (κ1) is 39.3. The van der Waals surface area contributed by atoms with Crippen LogP contribution < -0.4 is 10.6 Å². The maximum Gasteiger partial charge on any atom is 0.307 e. The Balaban J connectivity index is 1.27. The molecule has 0 radical (unpaired) electrons. The maximum atomic E-state index is 13.4. The number of nitrogens with one attached hydrogen (secondary N) is 2. The van der Waals surface area contributed by atoms with E-state index in [9.17, 15) is 20.0 Å². The van der Waals surface area contributed by atoms with Crippen LogP contribution in [-0.4, -0.2) is 61.6 Å². The third-order valence-corrected chi connectivity index (χ3v) is 15.5. The molecule has 1 aromatic rings. The Morgan fingerprint density at radius 2 is 1.81 bits per heavy atom. The number of nitrogens with zero attached hydrogens (tertiary/aromatic N) is 2. The number of rotatable bonds is 10. The van der Waals surface area contributed by atoms with Gasteiger partial charge >= 0.3 is 11.9 Å². The minimum absolute atomic E-state index is 0.197. The average Bonchev–Trinajstić information content (AvgIpc) is 3.10. The molecule has 1 unspecified atom stereocenters. The molecule has 5 aliphatic rings. The van der Waals surface area contributed by atoms with Gasteiger partial charge in [0.1, 0.15) is 12.2 Å². The monoisotopic (exact) mass is 730 g/mol. The Labute approximate surface area is 316 Å². The van der Waals surface area contributed by atoms with Crippen molar-refractivity contribution in [2.24, 2.45) is 61.7 Å². The van der Waals surface area contributed by atoms with Crippen LogP contribution in [0.15, 0.2) is 47.0 Å². The molecule has 3 saturated carbocycles. The van der Waals surface area contributed by atoms with E-state index in [0.29, 0.717) is 57.6 Å². The molecule has 0 spiro atoms. The van der Waals surface area contributed by atoms with Gasteiger partial charge in [-0.25, -0.2) is 4.99 Å². The van der Waals surface area contributed by atoms with Gasteiger partial charge in [0.15, 0.2) is 6.19 Å². The van der Waals surface area contributed by atoms with E-state index >= 15 is 0 Å². The Kier molecular flexibility index (Phi) is 10.9. The summed E-state index contributed by atoms with van der Waals surface area (Å²) in [6.45, 7) is 19.6. The van der Waals surface area contributed by atoms with E-state index in [1.165, 1.54) is 12.5 Å². The third-order valence-electron chi connectivity index (χ3n) is 15.5. The molecule has 10 heteroatoms. The molecule has 10 nitrogen and oxygen atoms in total. The number of benzene rings is 1. The molecular formula is C43H62N4O6. The van der Waals surface area contributed by atoms with Gasteiger partial charge in [0.25, 0.3) is 0 Å². The third kappa shape index (κ3) is 6.48. The number of carboxylic acid groups (broad SMARTS) is 1. The van der Waals surface area contributed by atoms with Crippen LogP contribution in [-0.2, 0) is 30.3 Å². The van der Waals surface area contributed by atoms with Gasteiger partial charge < -0.3 is 24.6 Å². The van der Waals surface area contributed by atoms with Crippen molar-refractivity contribution in [3.05, 3.63) is 47.5 Å². The largest absolute Gasteiger partial charge is 0.481 e. The number of carbonyl (C=O) groups is 2. The fourth-order valence-corrected chi connectivity index (χ4v) is 12.5. The second-order valence-corrected chi connectivity index (χ2v) is 18.3. The van der Waals surface area contributed by atoms with Gasteiger partial charge in [0.2, 0.25) is 5.96 Å². The molecular weight excluding hydrogens is 668 g/mol. The average molecular weight is 731 g/mol. The molecule has 1 heterocycles. The number of guanidine groups is 1. The maximum absolute atomic E-state index is 13.4. The highest BCUT2D eigenvalue weighted by molar-refractivity contribution is 5.81. The van der Waals surface area contributed by atoms with Crippen molar-refractivity contribution in [3.8, 4) is 6.19 Å². The van der Waals surface area contributed by atoms with Gasteiger partial charge in [0.05, 0.1) is 32.3 Å². The molecule has 3 N–H and O–H groups in total. The van der Waals surface area contributed by atoms with Crippen molar-refractivity contribution in [2.75, 3.05) is 26.4 Å². The molecule has 4 fully saturated rings. The normalized spacial score (nSPS) is 39.7. The van der Waals surface area contributed by atoms with Gasteiger partial charge in [-0.3, -0.25) is 14.9 Å². The SMILES string of the molecule is CC(=O)O[C@@H]1C[C@@]23COC[C@](C)(C2CC[C@H]2C3=CC[C@@]3(C)[C@H](C(=O)O)[C@@](C)([C@H](C)C(C)C)CC[C@]23C)[C@H]1OCCNC(=NCc1ccccc1)NC#N. The minimum atomic E-state index is -0.661. The first-order valence-electron chi connectivity index (χ1n) is 19.8. The summed E-state index contributed by atoms with van der Waals surface area (Å²) in [6.07, 6.45) is 8.73. The topological polar surface area (TPSA) is 142 Å². The molecule has 4 aliphatic carbocycles. The number of carbonyl (C=O) groups excluding carboxylic acids is 1. The van der Waals surface area contributed by atoms with Crippen LogP contribution in [0, 0.1) is 68.1 Å². The molecule has 0 aromatic heterocycles. The van der Waals surface area contributed by atoms with E-state index in [1.54, 1.807) is 0 Å². The molecule has 0 amide bonds. The second kappa shape index (κ2) is 14.7. The summed E-state index contributed by atoms with van der Waals surface area (Å²) >= 11 is 0. The van der Waals surface area contributed by atoms with Crippen LogP contribution >= 0.6 is 0 Å². The van der Waals surface area contributed by atoms with Crippen LogP contribution in [0.3, 0.4) is 0 Å². The molecule has 1 saturated heterocycles. The predicted molar refractivity (Wildman–Crippen MR) is 203 cm³/mol. The number of allylic oxidation sites excluding steroid dienone is 1. The Morgan fingerprint density at radius 1 is 1.08 bits per heavy atom. The summed E-state index contributed by atoms with van der Waals surface area (Å²) < 4.78 is 19.5. The van der Waals surface area contributed by atoms with Crippen molar-refractivity contribution in [2.45, 2.75) is 113 Å². The molecule has 11 atom stereocenters. The number of esters is 1. The molecule has 6 rings (SSSR count). The summed E-state index contributed by atoms with van der Waals surface area (Å²) in [5.41, 5.74) is 0.801. The van der Waals surface area contributed by atoms with Gasteiger partial charge in [-0.1, -0.05) is 90.4 Å². The van der Waals surface area contributed by atoms with Crippen LogP contribution in [0.5, 0.6) is 0 Å². The molecule has 1 aromatic carbocycles. The van der Waals surface area contributed by atoms with Gasteiger partial charge in [-0.2, -0.15) is 5.26 Å². The first-order valence-corrected chi connectivity index (χ1v) is 19.8. The van der Waals surface area contributed by atoms with Crippen molar-refractivity contribution >= 4 is 17.9 Å². The van der Waals surface area contributed by atoms with Crippen LogP contribution in [0.2, 0.25) is 0 Å². The van der Waals surface area contributed by atoms with Gasteiger partial charge in [-0.15, -0.1) is 0 Å². The highest BCUT2D eigenvalue weighted by Gasteiger charge is 2.72. The van der Waals surface area contributed by atoms with Crippen LogP contribution in [0.1, 0.15) is 99.5 Å². The highest BCUT2D eigenvalue weighted by Crippen LogP contribution is 2.75. The minimum Gasteiger partial charge on any atom is -0.481 e. The molecule has 2 bridgehead atoms. The Morgan fingerprint density at radius 3 is 2.47 bits per heavy atom. The van der Waals surface area contributed by atoms with Crippen LogP contribution in [0.4, 0.5) is 0 Å². The van der Waals surface area contributed by atoms with Gasteiger partial charge in [-0.05, 0) is 84.0 Å². The lowest BCUT2D eigenvalue weighted by molar-refractivity contribution is -0.266. The summed E-state index contributed by atoms with van der Waals surface area (Å²) in [5.74, 6) is 0.0989. The second-order valence-electron chi connectivity index (χ2n) is 18.3. The van der Waals surface area contributed by atoms with E-state index in [2.05, 4.69) is 70.2 Å². The Hall–Kier alpha value is -3.42. The summed E-state index contributed by atoms with van der Waals surface area (Å²) in [4.78, 5) is 30.7. The molecule has 1 aliphatic heterocycles. The van der Waals surface area contributed by atoms with Crippen molar-refractivity contribution < 1.29 is 28.9 Å². The molecule has 290 valence electrons. The number of carboxylic acids is 1. The quantitative estimate of drug-likeness (QED) is 0.0437. The predicted octanol–water partition coefficient (Wildman–Crippen LogP) is 7.11. The van der Waals surface area contributed by atoms with E-state index < -0.39 is 28.8 Å². The number of hydrogen-bond acceptors (Lipinski definition) is 7. The highest BCUT2D eigenvalue weighted by atomic mass is 16.6. The van der Waals surface area contributed by atoms with Crippen LogP contribution in [0.25, 0.3) is 0 Å². The van der Waals surface area contributed by atoms with E-state index in [1.807, 2.05) is 36.5 Å². The van der Waals surface area contributed by atoms with Crippen molar-refractivity contribution in [1.82, 2.24) is 10.6 Å². The number of nitriles is 1. The molecule has 53 heavy (non-hydrogen) atoms. The summed E-state index contributed by atoms with van der Waals surface area (Å²) in [5, 5.41) is 26.2. The lowest BCUT2D eigenvalue weighted by atomic mass is 9.34. The van der Waals surface area contributed by atoms with E-state index in [0.717, 1.165) is 31.2 Å². The fraction of sp³-hybridized carbons (Fsp3) is 0.721. The summed E-state index contributed by atoms with van der Waals surface area (Å²) in [7, 11) is 0. The van der Waals surface area contributed by atoms with E-state index in [-0.39, 0.29) is 46.1 Å². The van der Waals surface area contributed by atoms with Crippen molar-refractivity contribution in [3.63, 3.8) is 0 Å². The number of aliphatic carboxylic acids is 1. The van der Waals surface area contributed by atoms with Gasteiger partial charge in [0, 0.05) is 24.3 Å². The number of hydrogen-bond donors (Lipinski definition) is 3. The first-order chi connectivity index (χ1) is 25.1. The number of aliphatic imine (C=N–C) groups is 1. The Bertz CT molecular complexity index is 1640. The zero-order chi connectivity index (χ0) is 38.4. The fourth-order valence-electron chi connectivity index (χ4n) is 12.5. The zero-order valence-corrected chi connectivity index (χ0v) is 33.2. The zero-order valence-electron chi connectivity index (χ0n) is 33.2. The van der Waals surface area contributed by atoms with Crippen molar-refractivity contribution in [1.29, 1.82) is 5.26 Å². The standard InChI is InChI=1S/C43H62N4O6/c1-27(2)28(3)39(5)18-19-41(7)31-14-15-34-40(6)24-51-25-43(34,32(31)16-17-42(41,8)35(39)37(49)50)22-33(53-29(4)48)36(40)52-21-20-45-38(47-26-44)46-23-30-12-10-9-11-13-30/h9-13,16,27-28,31,33-36H,14-15,17-25H2,1-8H3,(H,49,50)(H2,45,46,47)/t28-,31+,33-,34?,35-,36+,39-,40-,41-,42+,43+/m1/s1. The smallest absolute Gasteiger partial charge is 0.307 e. The summed E-state index contributed by atoms with van der Waals surface area (Å²) in [6, 6.07) is 9.85. The number of fused-ring (bicyclic) bond motifs is 3. The lowest BCUT2D eigenvalue weighted by Gasteiger charge is -2.71. The lowest BCUT2D eigenvalue weighted by Crippen LogP contribution is -2.70. The number of ether oxygens (including phenoxy) is 3.